The van der Waals surface area contributed by atoms with Gasteiger partial charge in [0, 0.05) is 11.0 Å². The van der Waals surface area contributed by atoms with Crippen LogP contribution < -0.4 is 4.74 Å². The first kappa shape index (κ1) is 8.77. The van der Waals surface area contributed by atoms with Crippen molar-refractivity contribution in [1.82, 2.24) is 0 Å². The maximum absolute atomic E-state index is 11.0. The van der Waals surface area contributed by atoms with Crippen molar-refractivity contribution >= 4 is 5.97 Å². The second-order valence-electron chi connectivity index (χ2n) is 4.35. The molecule has 0 bridgehead atoms. The van der Waals surface area contributed by atoms with E-state index in [0.29, 0.717) is 6.61 Å². The van der Waals surface area contributed by atoms with Gasteiger partial charge in [0.2, 0.25) is 0 Å². The second-order valence-corrected chi connectivity index (χ2v) is 4.35. The van der Waals surface area contributed by atoms with Gasteiger partial charge in [0.25, 0.3) is 0 Å². The summed E-state index contributed by atoms with van der Waals surface area (Å²) in [6.45, 7) is 0.640. The molecule has 0 unspecified atom stereocenters. The quantitative estimate of drug-likeness (QED) is 0.758. The smallest absolute Gasteiger partial charge is 0.307 e. The molecule has 0 amide bonds. The highest BCUT2D eigenvalue weighted by Gasteiger charge is 2.61. The highest BCUT2D eigenvalue weighted by molar-refractivity contribution is 5.78. The number of fused-ring (bicyclic) bond motifs is 2. The molecule has 1 aliphatic heterocycles. The lowest BCUT2D eigenvalue weighted by atomic mass is 9.87. The minimum atomic E-state index is -0.674. The van der Waals surface area contributed by atoms with E-state index in [1.54, 1.807) is 0 Å². The number of aliphatic carboxylic acids is 1. The summed E-state index contributed by atoms with van der Waals surface area (Å²) in [7, 11) is 0. The average Bonchev–Trinajstić information content (AvgIpc) is 2.95. The zero-order valence-corrected chi connectivity index (χ0v) is 8.27. The minimum Gasteiger partial charge on any atom is -0.493 e. The zero-order chi connectivity index (χ0) is 10.5. The molecule has 1 heterocycles. The summed E-state index contributed by atoms with van der Waals surface area (Å²) in [5, 5.41) is 9.06. The maximum atomic E-state index is 11.0. The van der Waals surface area contributed by atoms with E-state index >= 15 is 0 Å². The molecule has 3 rings (SSSR count). The third-order valence-electron chi connectivity index (χ3n) is 3.60. The van der Waals surface area contributed by atoms with Crippen LogP contribution in [-0.4, -0.2) is 17.7 Å². The van der Waals surface area contributed by atoms with Crippen molar-refractivity contribution in [3.8, 4) is 5.75 Å². The van der Waals surface area contributed by atoms with Crippen LogP contribution in [0.1, 0.15) is 18.4 Å². The van der Waals surface area contributed by atoms with Crippen LogP contribution in [0.3, 0.4) is 0 Å². The van der Waals surface area contributed by atoms with E-state index in [9.17, 15) is 4.79 Å². The predicted octanol–water partition coefficient (Wildman–Crippen LogP) is 1.81. The molecule has 15 heavy (non-hydrogen) atoms. The van der Waals surface area contributed by atoms with Crippen molar-refractivity contribution in [3.05, 3.63) is 29.8 Å². The number of hydrogen-bond acceptors (Lipinski definition) is 2. The maximum Gasteiger partial charge on any atom is 0.307 e. The van der Waals surface area contributed by atoms with Gasteiger partial charge in [0.15, 0.2) is 0 Å². The Kier molecular flexibility index (Phi) is 1.61. The van der Waals surface area contributed by atoms with Crippen molar-refractivity contribution < 1.29 is 14.6 Å². The van der Waals surface area contributed by atoms with Gasteiger partial charge in [-0.3, -0.25) is 4.79 Å². The van der Waals surface area contributed by atoms with Gasteiger partial charge in [-0.2, -0.15) is 0 Å². The van der Waals surface area contributed by atoms with Crippen LogP contribution in [0.5, 0.6) is 5.75 Å². The van der Waals surface area contributed by atoms with Crippen LogP contribution in [0.25, 0.3) is 0 Å². The van der Waals surface area contributed by atoms with Gasteiger partial charge >= 0.3 is 5.97 Å². The van der Waals surface area contributed by atoms with Crippen LogP contribution in [0.2, 0.25) is 0 Å². The van der Waals surface area contributed by atoms with E-state index in [1.165, 1.54) is 0 Å². The summed E-state index contributed by atoms with van der Waals surface area (Å²) in [4.78, 5) is 11.0. The Hall–Kier alpha value is -1.51. The van der Waals surface area contributed by atoms with Gasteiger partial charge in [0.05, 0.1) is 12.5 Å². The summed E-state index contributed by atoms with van der Waals surface area (Å²) >= 11 is 0. The molecular formula is C12H12O3. The number of benzene rings is 1. The molecule has 0 saturated heterocycles. The van der Waals surface area contributed by atoms with E-state index < -0.39 is 5.97 Å². The third kappa shape index (κ3) is 1.09. The number of carbonyl (C=O) groups is 1. The minimum absolute atomic E-state index is 0.124. The number of para-hydroxylation sites is 1. The van der Waals surface area contributed by atoms with Gasteiger partial charge in [0.1, 0.15) is 5.75 Å². The fourth-order valence-corrected chi connectivity index (χ4v) is 2.68. The molecule has 0 radical (unpaired) electrons. The first-order chi connectivity index (χ1) is 7.24. The molecule has 1 saturated carbocycles. The number of hydrogen-bond donors (Lipinski definition) is 1. The first-order valence-electron chi connectivity index (χ1n) is 5.19. The molecule has 1 spiro atoms. The summed E-state index contributed by atoms with van der Waals surface area (Å²) in [6, 6.07) is 7.80. The lowest BCUT2D eigenvalue weighted by Gasteiger charge is -2.26. The Morgan fingerprint density at radius 1 is 1.47 bits per heavy atom. The predicted molar refractivity (Wildman–Crippen MR) is 54.0 cm³/mol. The fraction of sp³-hybridized carbons (Fsp3) is 0.417. The normalized spacial score (nSPS) is 31.9. The van der Waals surface area contributed by atoms with E-state index in [-0.39, 0.29) is 11.3 Å². The van der Waals surface area contributed by atoms with E-state index in [1.807, 2.05) is 24.3 Å². The van der Waals surface area contributed by atoms with Gasteiger partial charge in [-0.15, -0.1) is 0 Å². The number of rotatable bonds is 1. The summed E-state index contributed by atoms with van der Waals surface area (Å²) < 4.78 is 5.53. The third-order valence-corrected chi connectivity index (χ3v) is 3.60. The largest absolute Gasteiger partial charge is 0.493 e. The Balaban J connectivity index is 2.05. The monoisotopic (exact) mass is 204 g/mol. The molecule has 1 fully saturated rings. The SMILES string of the molecule is O=C(O)[C@@H]1C[C@@]12CCOc1ccccc12. The molecule has 1 aromatic rings. The van der Waals surface area contributed by atoms with Crippen LogP contribution in [0.4, 0.5) is 0 Å². The van der Waals surface area contributed by atoms with Crippen LogP contribution >= 0.6 is 0 Å². The molecular weight excluding hydrogens is 192 g/mol. The highest BCUT2D eigenvalue weighted by atomic mass is 16.5. The van der Waals surface area contributed by atoms with Crippen molar-refractivity contribution in [1.29, 1.82) is 0 Å². The number of carboxylic acid groups (broad SMARTS) is 1. The van der Waals surface area contributed by atoms with Crippen molar-refractivity contribution in [3.63, 3.8) is 0 Å². The molecule has 2 atom stereocenters. The second kappa shape index (κ2) is 2.75. The first-order valence-corrected chi connectivity index (χ1v) is 5.19. The molecule has 78 valence electrons. The van der Waals surface area contributed by atoms with Crippen LogP contribution in [0.15, 0.2) is 24.3 Å². The van der Waals surface area contributed by atoms with E-state index in [2.05, 4.69) is 0 Å². The summed E-state index contributed by atoms with van der Waals surface area (Å²) in [5.74, 6) is -0.0123. The molecule has 1 N–H and O–H groups in total. The average molecular weight is 204 g/mol. The van der Waals surface area contributed by atoms with Crippen molar-refractivity contribution in [2.75, 3.05) is 6.61 Å². The highest BCUT2D eigenvalue weighted by Crippen LogP contribution is 2.60. The number of carboxylic acids is 1. The molecule has 1 aliphatic carbocycles. The van der Waals surface area contributed by atoms with E-state index in [0.717, 1.165) is 24.2 Å². The Morgan fingerprint density at radius 3 is 3.00 bits per heavy atom. The summed E-state index contributed by atoms with van der Waals surface area (Å²) in [5.41, 5.74) is 0.962. The fourth-order valence-electron chi connectivity index (χ4n) is 2.68. The van der Waals surface area contributed by atoms with Crippen LogP contribution in [0, 0.1) is 5.92 Å². The molecule has 0 aromatic heterocycles. The Labute approximate surface area is 87.7 Å². The molecule has 3 heteroatoms. The molecule has 3 nitrogen and oxygen atoms in total. The van der Waals surface area contributed by atoms with Crippen LogP contribution in [-0.2, 0) is 10.2 Å². The van der Waals surface area contributed by atoms with Crippen molar-refractivity contribution in [2.45, 2.75) is 18.3 Å². The van der Waals surface area contributed by atoms with Gasteiger partial charge in [-0.25, -0.2) is 0 Å². The Bertz CT molecular complexity index is 427. The standard InChI is InChI=1S/C12H12O3/c13-11(14)9-7-12(9)5-6-15-10-4-2-1-3-8(10)12/h1-4,9H,5-7H2,(H,13,14)/t9-,12+/m0/s1. The lowest BCUT2D eigenvalue weighted by molar-refractivity contribution is -0.139. The van der Waals surface area contributed by atoms with Gasteiger partial charge in [-0.05, 0) is 18.9 Å². The number of ether oxygens (including phenoxy) is 1. The summed E-state index contributed by atoms with van der Waals surface area (Å²) in [6.07, 6.45) is 1.60. The lowest BCUT2D eigenvalue weighted by Crippen LogP contribution is -2.23. The van der Waals surface area contributed by atoms with Gasteiger partial charge < -0.3 is 9.84 Å². The van der Waals surface area contributed by atoms with E-state index in [4.69, 9.17) is 9.84 Å². The van der Waals surface area contributed by atoms with Gasteiger partial charge in [-0.1, -0.05) is 18.2 Å². The molecule has 2 aliphatic rings. The zero-order valence-electron chi connectivity index (χ0n) is 8.27. The molecule has 1 aromatic carbocycles. The Morgan fingerprint density at radius 2 is 2.27 bits per heavy atom. The topological polar surface area (TPSA) is 46.5 Å². The van der Waals surface area contributed by atoms with Crippen molar-refractivity contribution in [2.24, 2.45) is 5.92 Å².